The smallest absolute Gasteiger partial charge is 0.138 e. The highest BCUT2D eigenvalue weighted by Gasteiger charge is 2.05. The molecule has 1 heterocycles. The zero-order valence-electron chi connectivity index (χ0n) is 13.0. The molecule has 23 heavy (non-hydrogen) atoms. The average Bonchev–Trinajstić information content (AvgIpc) is 3.45. The largest absolute Gasteiger partial charge is 0.497 e. The zero-order chi connectivity index (χ0) is 16.1. The van der Waals surface area contributed by atoms with Crippen molar-refractivity contribution in [3.63, 3.8) is 0 Å². The number of hydrogen-bond acceptors (Lipinski definition) is 4. The highest BCUT2D eigenvalue weighted by atomic mass is 32.1. The van der Waals surface area contributed by atoms with Crippen LogP contribution < -0.4 is 9.47 Å². The molecule has 118 valence electrons. The second-order valence-corrected chi connectivity index (χ2v) is 5.87. The fourth-order valence-electron chi connectivity index (χ4n) is 1.96. The van der Waals surface area contributed by atoms with E-state index in [0.717, 1.165) is 33.0 Å². The number of nitrogens with zero attached hydrogens (tertiary/aromatic N) is 1. The highest BCUT2D eigenvalue weighted by molar-refractivity contribution is 7.80. The Morgan fingerprint density at radius 3 is 2.26 bits per heavy atom. The topological polar surface area (TPSA) is 31.4 Å². The van der Waals surface area contributed by atoms with E-state index in [1.165, 1.54) is 19.3 Å². The summed E-state index contributed by atoms with van der Waals surface area (Å²) in [5.41, 5.74) is 0.840. The maximum Gasteiger partial charge on any atom is 0.138 e. The van der Waals surface area contributed by atoms with E-state index in [2.05, 4.69) is 17.6 Å². The van der Waals surface area contributed by atoms with Gasteiger partial charge in [0, 0.05) is 22.5 Å². The normalized spacial score (nSPS) is 12.3. The first-order valence-electron chi connectivity index (χ1n) is 7.66. The van der Waals surface area contributed by atoms with Crippen molar-refractivity contribution in [2.45, 2.75) is 24.2 Å². The van der Waals surface area contributed by atoms with Gasteiger partial charge in [0.1, 0.15) is 17.2 Å². The minimum Gasteiger partial charge on any atom is -0.497 e. The summed E-state index contributed by atoms with van der Waals surface area (Å²) in [6.45, 7) is 0. The van der Waals surface area contributed by atoms with E-state index in [9.17, 15) is 0 Å². The minimum absolute atomic E-state index is 0.768. The maximum absolute atomic E-state index is 5.91. The Labute approximate surface area is 141 Å². The molecule has 1 fully saturated rings. The van der Waals surface area contributed by atoms with E-state index < -0.39 is 0 Å². The summed E-state index contributed by atoms with van der Waals surface area (Å²) in [7, 11) is 1.64. The average molecular weight is 325 g/mol. The molecule has 0 amide bonds. The quantitative estimate of drug-likeness (QED) is 0.646. The monoisotopic (exact) mass is 325 g/mol. The molecule has 1 saturated carbocycles. The van der Waals surface area contributed by atoms with E-state index in [-0.39, 0.29) is 0 Å². The van der Waals surface area contributed by atoms with Gasteiger partial charge in [0.15, 0.2) is 0 Å². The van der Waals surface area contributed by atoms with Gasteiger partial charge in [0.25, 0.3) is 0 Å². The summed E-state index contributed by atoms with van der Waals surface area (Å²) in [5.74, 6) is 2.32. The fourth-order valence-corrected chi connectivity index (χ4v) is 2.11. The summed E-state index contributed by atoms with van der Waals surface area (Å²) >= 11 is 4.26. The molecule has 1 aromatic heterocycles. The van der Waals surface area contributed by atoms with Gasteiger partial charge in [-0.1, -0.05) is 19.3 Å². The third kappa shape index (κ3) is 4.39. The Balaban J connectivity index is 0.000000468. The summed E-state index contributed by atoms with van der Waals surface area (Å²) in [5, 5.41) is 0.947. The maximum atomic E-state index is 5.91. The molecule has 0 N–H and O–H groups in total. The van der Waals surface area contributed by atoms with Gasteiger partial charge in [-0.15, -0.1) is 12.6 Å². The van der Waals surface area contributed by atoms with Gasteiger partial charge in [-0.2, -0.15) is 0 Å². The Bertz CT molecular complexity index is 782. The van der Waals surface area contributed by atoms with Crippen LogP contribution in [0, 0.1) is 0 Å². The Morgan fingerprint density at radius 1 is 0.913 bits per heavy atom. The van der Waals surface area contributed by atoms with Crippen molar-refractivity contribution in [1.82, 2.24) is 4.98 Å². The molecule has 0 bridgehead atoms. The van der Waals surface area contributed by atoms with Gasteiger partial charge < -0.3 is 9.47 Å². The lowest BCUT2D eigenvalue weighted by Gasteiger charge is -2.09. The van der Waals surface area contributed by atoms with Crippen LogP contribution in [-0.2, 0) is 0 Å². The van der Waals surface area contributed by atoms with Crippen molar-refractivity contribution in [3.05, 3.63) is 54.7 Å². The van der Waals surface area contributed by atoms with Gasteiger partial charge in [-0.25, -0.2) is 0 Å². The van der Waals surface area contributed by atoms with Gasteiger partial charge >= 0.3 is 0 Å². The first kappa shape index (κ1) is 15.7. The number of ether oxygens (including phenoxy) is 2. The molecule has 0 unspecified atom stereocenters. The van der Waals surface area contributed by atoms with E-state index >= 15 is 0 Å². The molecule has 0 atom stereocenters. The van der Waals surface area contributed by atoms with Crippen molar-refractivity contribution in [3.8, 4) is 17.2 Å². The van der Waals surface area contributed by atoms with Crippen molar-refractivity contribution < 1.29 is 9.47 Å². The van der Waals surface area contributed by atoms with Crippen LogP contribution in [0.4, 0.5) is 0 Å². The number of pyridine rings is 1. The zero-order valence-corrected chi connectivity index (χ0v) is 13.9. The highest BCUT2D eigenvalue weighted by Crippen LogP contribution is 2.30. The number of aromatic nitrogens is 1. The van der Waals surface area contributed by atoms with E-state index in [4.69, 9.17) is 9.47 Å². The Kier molecular flexibility index (Phi) is 5.03. The molecule has 0 saturated heterocycles. The predicted molar refractivity (Wildman–Crippen MR) is 95.9 cm³/mol. The van der Waals surface area contributed by atoms with Gasteiger partial charge in [0.2, 0.25) is 0 Å². The van der Waals surface area contributed by atoms with E-state index in [0.29, 0.717) is 0 Å². The third-order valence-electron chi connectivity index (χ3n) is 3.33. The van der Waals surface area contributed by atoms with Gasteiger partial charge in [0.05, 0.1) is 12.6 Å². The predicted octanol–water partition coefficient (Wildman–Crippen LogP) is 5.49. The SMILES string of the molecule is C1CC1.COc1ccc2c(Oc3ccc(S)cc3)ccnc2c1. The molecule has 0 spiro atoms. The summed E-state index contributed by atoms with van der Waals surface area (Å²) in [6.07, 6.45) is 6.23. The Morgan fingerprint density at radius 2 is 1.61 bits per heavy atom. The van der Waals surface area contributed by atoms with Crippen molar-refractivity contribution >= 4 is 23.5 Å². The van der Waals surface area contributed by atoms with Gasteiger partial charge in [-0.05, 0) is 42.5 Å². The number of benzene rings is 2. The number of hydrogen-bond donors (Lipinski definition) is 1. The van der Waals surface area contributed by atoms with Crippen LogP contribution >= 0.6 is 12.6 Å². The van der Waals surface area contributed by atoms with Crippen LogP contribution in [0.25, 0.3) is 10.9 Å². The molecule has 2 aromatic carbocycles. The Hall–Kier alpha value is -2.20. The van der Waals surface area contributed by atoms with Crippen LogP contribution in [0.1, 0.15) is 19.3 Å². The number of fused-ring (bicyclic) bond motifs is 1. The molecule has 3 aromatic rings. The molecule has 0 radical (unpaired) electrons. The minimum atomic E-state index is 0.768. The van der Waals surface area contributed by atoms with E-state index in [1.54, 1.807) is 13.3 Å². The lowest BCUT2D eigenvalue weighted by molar-refractivity contribution is 0.415. The summed E-state index contributed by atoms with van der Waals surface area (Å²) < 4.78 is 11.1. The van der Waals surface area contributed by atoms with Crippen LogP contribution in [0.15, 0.2) is 59.6 Å². The lowest BCUT2D eigenvalue weighted by Crippen LogP contribution is -1.89. The molecule has 4 rings (SSSR count). The molecule has 0 aliphatic heterocycles. The molecular weight excluding hydrogens is 306 g/mol. The first-order valence-corrected chi connectivity index (χ1v) is 8.10. The number of rotatable bonds is 3. The molecule has 3 nitrogen and oxygen atoms in total. The summed E-state index contributed by atoms with van der Waals surface area (Å²) in [4.78, 5) is 5.24. The van der Waals surface area contributed by atoms with Gasteiger partial charge in [-0.3, -0.25) is 4.98 Å². The second kappa shape index (κ2) is 7.38. The standard InChI is InChI=1S/C16H13NO2S.C3H6/c1-18-12-4-7-14-15(10-12)17-9-8-16(14)19-11-2-5-13(20)6-3-11;1-2-3-1/h2-10,20H,1H3;1-3H2. The van der Waals surface area contributed by atoms with Crippen molar-refractivity contribution in [2.75, 3.05) is 7.11 Å². The van der Waals surface area contributed by atoms with E-state index in [1.807, 2.05) is 48.5 Å². The van der Waals surface area contributed by atoms with Crippen LogP contribution in [0.2, 0.25) is 0 Å². The molecule has 1 aliphatic carbocycles. The molecule has 4 heteroatoms. The molecular formula is C19H19NO2S. The summed E-state index contributed by atoms with van der Waals surface area (Å²) in [6, 6.07) is 15.1. The van der Waals surface area contributed by atoms with Crippen LogP contribution in [0.5, 0.6) is 17.2 Å². The molecule has 1 aliphatic rings. The third-order valence-corrected chi connectivity index (χ3v) is 3.63. The van der Waals surface area contributed by atoms with Crippen LogP contribution in [0.3, 0.4) is 0 Å². The lowest BCUT2D eigenvalue weighted by atomic mass is 10.2. The second-order valence-electron chi connectivity index (χ2n) is 5.35. The number of thiol groups is 1. The fraction of sp³-hybridized carbons (Fsp3) is 0.211. The first-order chi connectivity index (χ1) is 11.3. The van der Waals surface area contributed by atoms with Crippen LogP contribution in [-0.4, -0.2) is 12.1 Å². The van der Waals surface area contributed by atoms with Crippen molar-refractivity contribution in [1.29, 1.82) is 0 Å². The number of methoxy groups -OCH3 is 1. The van der Waals surface area contributed by atoms with Crippen molar-refractivity contribution in [2.24, 2.45) is 0 Å².